The largest absolute Gasteiger partial charge is 0.481 e. The number of imidazole rings is 1. The topological polar surface area (TPSA) is 208 Å². The zero-order chi connectivity index (χ0) is 23.8. The van der Waals surface area contributed by atoms with E-state index < -0.39 is 60.2 Å². The van der Waals surface area contributed by atoms with E-state index in [9.17, 15) is 24.0 Å². The van der Waals surface area contributed by atoms with E-state index in [2.05, 4.69) is 33.2 Å². The number of carbonyl (C=O) groups excluding carboxylic acids is 3. The molecule has 0 radical (unpaired) electrons. The smallest absolute Gasteiger partial charge is 0.327 e. The molecular formula is C18H26N6O7S. The highest BCUT2D eigenvalue weighted by Gasteiger charge is 2.38. The van der Waals surface area contributed by atoms with Crippen LogP contribution in [0.4, 0.5) is 0 Å². The monoisotopic (exact) mass is 470 g/mol. The highest BCUT2D eigenvalue weighted by atomic mass is 32.1. The van der Waals surface area contributed by atoms with Crippen LogP contribution in [0.3, 0.4) is 0 Å². The van der Waals surface area contributed by atoms with E-state index in [1.807, 2.05) is 0 Å². The van der Waals surface area contributed by atoms with E-state index in [-0.39, 0.29) is 18.7 Å². The van der Waals surface area contributed by atoms with Crippen molar-refractivity contribution in [2.75, 3.05) is 12.3 Å². The number of hydrogen-bond donors (Lipinski definition) is 7. The summed E-state index contributed by atoms with van der Waals surface area (Å²) in [7, 11) is 0. The molecule has 32 heavy (non-hydrogen) atoms. The Labute approximate surface area is 188 Å². The Morgan fingerprint density at radius 2 is 1.97 bits per heavy atom. The van der Waals surface area contributed by atoms with E-state index in [4.69, 9.17) is 15.9 Å². The molecule has 0 bridgehead atoms. The fourth-order valence-corrected chi connectivity index (χ4v) is 3.59. The summed E-state index contributed by atoms with van der Waals surface area (Å²) in [5.74, 6) is -5.11. The summed E-state index contributed by atoms with van der Waals surface area (Å²) < 4.78 is 0. The number of thiol groups is 1. The molecule has 0 aromatic carbocycles. The summed E-state index contributed by atoms with van der Waals surface area (Å²) in [6.45, 7) is 0.282. The molecule has 0 spiro atoms. The van der Waals surface area contributed by atoms with Gasteiger partial charge in [0.25, 0.3) is 0 Å². The Morgan fingerprint density at radius 3 is 2.53 bits per heavy atom. The second kappa shape index (κ2) is 11.5. The minimum atomic E-state index is -1.53. The van der Waals surface area contributed by atoms with Gasteiger partial charge in [-0.25, -0.2) is 9.78 Å². The van der Waals surface area contributed by atoms with Crippen LogP contribution in [0.5, 0.6) is 0 Å². The molecule has 13 nitrogen and oxygen atoms in total. The first-order chi connectivity index (χ1) is 15.1. The zero-order valence-electron chi connectivity index (χ0n) is 17.1. The molecule has 4 atom stereocenters. The second-order valence-electron chi connectivity index (χ2n) is 7.32. The van der Waals surface area contributed by atoms with Gasteiger partial charge < -0.3 is 36.5 Å². The Bertz CT molecular complexity index is 849. The van der Waals surface area contributed by atoms with Gasteiger partial charge in [-0.05, 0) is 12.8 Å². The van der Waals surface area contributed by atoms with Gasteiger partial charge in [0.1, 0.15) is 18.1 Å². The predicted octanol–water partition coefficient (Wildman–Crippen LogP) is -2.27. The van der Waals surface area contributed by atoms with Crippen molar-refractivity contribution >= 4 is 42.3 Å². The third kappa shape index (κ3) is 6.68. The lowest BCUT2D eigenvalue weighted by Crippen LogP contribution is -2.57. The maximum absolute atomic E-state index is 12.8. The van der Waals surface area contributed by atoms with Crippen molar-refractivity contribution in [2.45, 2.75) is 49.9 Å². The average molecular weight is 471 g/mol. The van der Waals surface area contributed by atoms with Crippen molar-refractivity contribution in [1.29, 1.82) is 0 Å². The summed E-state index contributed by atoms with van der Waals surface area (Å²) in [6.07, 6.45) is 3.24. The van der Waals surface area contributed by atoms with Gasteiger partial charge in [-0.15, -0.1) is 0 Å². The third-order valence-electron chi connectivity index (χ3n) is 4.96. The number of likely N-dealkylation sites (tertiary alicyclic amines) is 1. The van der Waals surface area contributed by atoms with Crippen LogP contribution in [0.2, 0.25) is 0 Å². The molecule has 1 aliphatic heterocycles. The number of amides is 3. The Kier molecular flexibility index (Phi) is 9.02. The van der Waals surface area contributed by atoms with Crippen LogP contribution in [0, 0.1) is 0 Å². The lowest BCUT2D eigenvalue weighted by molar-refractivity contribution is -0.144. The number of aliphatic carboxylic acids is 2. The van der Waals surface area contributed by atoms with Crippen LogP contribution in [-0.4, -0.2) is 91.2 Å². The van der Waals surface area contributed by atoms with Gasteiger partial charge >= 0.3 is 11.9 Å². The number of carboxylic acid groups (broad SMARTS) is 2. The van der Waals surface area contributed by atoms with Crippen LogP contribution < -0.4 is 16.4 Å². The number of rotatable bonds is 11. The van der Waals surface area contributed by atoms with E-state index in [1.165, 1.54) is 17.4 Å². The molecule has 1 aromatic heterocycles. The minimum Gasteiger partial charge on any atom is -0.481 e. The highest BCUT2D eigenvalue weighted by Crippen LogP contribution is 2.19. The molecule has 1 aliphatic rings. The van der Waals surface area contributed by atoms with Crippen LogP contribution in [0.1, 0.15) is 25.0 Å². The van der Waals surface area contributed by atoms with Crippen LogP contribution >= 0.6 is 12.6 Å². The fourth-order valence-electron chi connectivity index (χ4n) is 3.35. The molecule has 176 valence electrons. The number of aromatic nitrogens is 2. The van der Waals surface area contributed by atoms with Crippen molar-refractivity contribution < 1.29 is 34.2 Å². The maximum atomic E-state index is 12.8. The number of nitrogens with one attached hydrogen (secondary N) is 3. The van der Waals surface area contributed by atoms with E-state index in [0.717, 1.165) is 0 Å². The van der Waals surface area contributed by atoms with Crippen LogP contribution in [0.25, 0.3) is 0 Å². The zero-order valence-corrected chi connectivity index (χ0v) is 18.0. The first-order valence-electron chi connectivity index (χ1n) is 9.83. The van der Waals surface area contributed by atoms with Crippen LogP contribution in [0.15, 0.2) is 12.5 Å². The Hall–Kier alpha value is -3.13. The van der Waals surface area contributed by atoms with Gasteiger partial charge in [0.2, 0.25) is 17.7 Å². The number of nitrogens with zero attached hydrogens (tertiary/aromatic N) is 2. The number of H-pyrrole nitrogens is 1. The molecule has 3 amide bonds. The first-order valence-corrected chi connectivity index (χ1v) is 10.5. The van der Waals surface area contributed by atoms with Crippen molar-refractivity contribution in [3.05, 3.63) is 18.2 Å². The quantitative estimate of drug-likeness (QED) is 0.174. The first kappa shape index (κ1) is 25.1. The number of hydrogen-bond acceptors (Lipinski definition) is 8. The van der Waals surface area contributed by atoms with Gasteiger partial charge in [-0.3, -0.25) is 19.2 Å². The van der Waals surface area contributed by atoms with Gasteiger partial charge in [0, 0.05) is 30.6 Å². The average Bonchev–Trinajstić information content (AvgIpc) is 3.42. The predicted molar refractivity (Wildman–Crippen MR) is 113 cm³/mol. The summed E-state index contributed by atoms with van der Waals surface area (Å²) in [4.78, 5) is 68.3. The van der Waals surface area contributed by atoms with Crippen LogP contribution in [-0.2, 0) is 30.4 Å². The summed E-state index contributed by atoms with van der Waals surface area (Å²) in [5, 5.41) is 22.6. The Morgan fingerprint density at radius 1 is 1.25 bits per heavy atom. The molecule has 1 aromatic rings. The molecule has 0 aliphatic carbocycles. The molecule has 7 N–H and O–H groups in total. The van der Waals surface area contributed by atoms with Crippen molar-refractivity contribution in [2.24, 2.45) is 5.73 Å². The molecular weight excluding hydrogens is 444 g/mol. The third-order valence-corrected chi connectivity index (χ3v) is 5.32. The van der Waals surface area contributed by atoms with E-state index in [0.29, 0.717) is 18.5 Å². The van der Waals surface area contributed by atoms with E-state index in [1.54, 1.807) is 0 Å². The normalized spacial score (nSPS) is 18.4. The lowest BCUT2D eigenvalue weighted by atomic mass is 10.1. The summed E-state index contributed by atoms with van der Waals surface area (Å²) >= 11 is 3.83. The molecule has 4 unspecified atom stereocenters. The standard InChI is InChI=1S/C18H26N6O7S/c19-10(4-9-6-20-8-21-9)17(29)24-3-1-2-13(24)16(28)22-11(5-14(25)26)15(27)23-12(7-32)18(30)31/h6,8,10-13,32H,1-5,7,19H2,(H,20,21)(H,22,28)(H,23,27)(H,25,26)(H,30,31). The minimum absolute atomic E-state index is 0.189. The summed E-state index contributed by atoms with van der Waals surface area (Å²) in [5.41, 5.74) is 6.64. The number of carbonyl (C=O) groups is 5. The maximum Gasteiger partial charge on any atom is 0.327 e. The van der Waals surface area contributed by atoms with Crippen molar-refractivity contribution in [3.8, 4) is 0 Å². The molecule has 0 saturated carbocycles. The second-order valence-corrected chi connectivity index (χ2v) is 7.68. The number of carboxylic acids is 2. The van der Waals surface area contributed by atoms with Crippen molar-refractivity contribution in [1.82, 2.24) is 25.5 Å². The number of nitrogens with two attached hydrogens (primary N) is 1. The number of aromatic amines is 1. The molecule has 2 rings (SSSR count). The highest BCUT2D eigenvalue weighted by molar-refractivity contribution is 7.80. The van der Waals surface area contributed by atoms with Gasteiger partial charge in [-0.1, -0.05) is 0 Å². The van der Waals surface area contributed by atoms with Crippen molar-refractivity contribution in [3.63, 3.8) is 0 Å². The molecule has 1 fully saturated rings. The molecule has 1 saturated heterocycles. The van der Waals surface area contributed by atoms with Gasteiger partial charge in [-0.2, -0.15) is 12.6 Å². The Balaban J connectivity index is 2.06. The van der Waals surface area contributed by atoms with E-state index >= 15 is 0 Å². The molecule has 14 heteroatoms. The summed E-state index contributed by atoms with van der Waals surface area (Å²) in [6, 6.07) is -4.74. The van der Waals surface area contributed by atoms with Gasteiger partial charge in [0.15, 0.2) is 0 Å². The fraction of sp³-hybridized carbons (Fsp3) is 0.556. The van der Waals surface area contributed by atoms with Gasteiger partial charge in [0.05, 0.1) is 18.8 Å². The lowest BCUT2D eigenvalue weighted by Gasteiger charge is -2.28. The molecule has 2 heterocycles. The SMILES string of the molecule is NC(Cc1cnc[nH]1)C(=O)N1CCCC1C(=O)NC(CC(=O)O)C(=O)NC(CS)C(=O)O.